The van der Waals surface area contributed by atoms with Gasteiger partial charge < -0.3 is 15.8 Å². The molecule has 9 heteroatoms. The Morgan fingerprint density at radius 3 is 2.00 bits per heavy atom. The number of primary sulfonamides is 1. The SMILES string of the molecule is CCC(C)C(N)C(=O)Nc1ccc(Oc2ccc(S(N)(=O)=O)cc2)cc1.Cl. The molecule has 0 saturated carbocycles. The number of benzene rings is 2. The molecule has 1 amide bonds. The van der Waals surface area contributed by atoms with E-state index in [1.807, 2.05) is 13.8 Å². The minimum atomic E-state index is -3.73. The van der Waals surface area contributed by atoms with Crippen LogP contribution in [0.2, 0.25) is 0 Å². The fraction of sp³-hybridized carbons (Fsp3) is 0.278. The molecule has 0 radical (unpaired) electrons. The lowest BCUT2D eigenvalue weighted by Gasteiger charge is -2.17. The number of hydrogen-bond donors (Lipinski definition) is 3. The fourth-order valence-corrected chi connectivity index (χ4v) is 2.69. The van der Waals surface area contributed by atoms with Gasteiger partial charge in [-0.15, -0.1) is 12.4 Å². The summed E-state index contributed by atoms with van der Waals surface area (Å²) in [6.45, 7) is 3.92. The molecular weight excluding hydrogens is 390 g/mol. The molecule has 2 atom stereocenters. The van der Waals surface area contributed by atoms with Crippen molar-refractivity contribution >= 4 is 34.0 Å². The van der Waals surface area contributed by atoms with Crippen LogP contribution in [0, 0.1) is 5.92 Å². The Hall–Kier alpha value is -2.13. The summed E-state index contributed by atoms with van der Waals surface area (Å²) in [6.07, 6.45) is 0.825. The summed E-state index contributed by atoms with van der Waals surface area (Å²) in [4.78, 5) is 12.1. The van der Waals surface area contributed by atoms with E-state index in [0.29, 0.717) is 17.2 Å². The molecule has 0 spiro atoms. The van der Waals surface area contributed by atoms with E-state index in [4.69, 9.17) is 15.6 Å². The van der Waals surface area contributed by atoms with Gasteiger partial charge in [-0.1, -0.05) is 20.3 Å². The van der Waals surface area contributed by atoms with Crippen LogP contribution in [0.1, 0.15) is 20.3 Å². The van der Waals surface area contributed by atoms with Gasteiger partial charge in [-0.05, 0) is 54.4 Å². The van der Waals surface area contributed by atoms with Gasteiger partial charge in [0.05, 0.1) is 10.9 Å². The molecule has 27 heavy (non-hydrogen) atoms. The number of halogens is 1. The van der Waals surface area contributed by atoms with Crippen molar-refractivity contribution in [3.05, 3.63) is 48.5 Å². The molecule has 2 rings (SSSR count). The molecule has 148 valence electrons. The van der Waals surface area contributed by atoms with Gasteiger partial charge >= 0.3 is 0 Å². The summed E-state index contributed by atoms with van der Waals surface area (Å²) in [5.41, 5.74) is 6.52. The van der Waals surface area contributed by atoms with Crippen LogP contribution in [0.15, 0.2) is 53.4 Å². The second-order valence-electron chi connectivity index (χ2n) is 6.04. The highest BCUT2D eigenvalue weighted by molar-refractivity contribution is 7.89. The maximum atomic E-state index is 12.1. The molecule has 0 aliphatic rings. The van der Waals surface area contributed by atoms with Gasteiger partial charge in [0, 0.05) is 5.69 Å². The standard InChI is InChI=1S/C18H23N3O4S.ClH/c1-3-12(2)17(19)18(22)21-13-4-6-14(7-5-13)25-15-8-10-16(11-9-15)26(20,23)24;/h4-12,17H,3,19H2,1-2H3,(H,21,22)(H2,20,23,24);1H. The minimum Gasteiger partial charge on any atom is -0.457 e. The number of nitrogens with two attached hydrogens (primary N) is 2. The van der Waals surface area contributed by atoms with Gasteiger partial charge in [-0.3, -0.25) is 4.79 Å². The number of rotatable bonds is 7. The number of hydrogen-bond acceptors (Lipinski definition) is 5. The van der Waals surface area contributed by atoms with Crippen molar-refractivity contribution in [2.24, 2.45) is 16.8 Å². The van der Waals surface area contributed by atoms with Crippen LogP contribution in [0.4, 0.5) is 5.69 Å². The van der Waals surface area contributed by atoms with Crippen LogP contribution in [0.5, 0.6) is 11.5 Å². The zero-order chi connectivity index (χ0) is 19.3. The maximum absolute atomic E-state index is 12.1. The Balaban J connectivity index is 0.00000364. The maximum Gasteiger partial charge on any atom is 0.241 e. The molecule has 5 N–H and O–H groups in total. The number of nitrogens with one attached hydrogen (secondary N) is 1. The predicted octanol–water partition coefficient (Wildman–Crippen LogP) is 2.86. The zero-order valence-electron chi connectivity index (χ0n) is 15.1. The molecule has 2 aromatic carbocycles. The molecule has 0 saturated heterocycles. The second kappa shape index (κ2) is 9.70. The number of carbonyl (C=O) groups is 1. The Labute approximate surface area is 165 Å². The van der Waals surface area contributed by atoms with Crippen molar-refractivity contribution < 1.29 is 17.9 Å². The van der Waals surface area contributed by atoms with E-state index >= 15 is 0 Å². The van der Waals surface area contributed by atoms with Crippen molar-refractivity contribution in [2.45, 2.75) is 31.2 Å². The molecule has 7 nitrogen and oxygen atoms in total. The first kappa shape index (κ1) is 22.9. The van der Waals surface area contributed by atoms with Gasteiger partial charge in [0.1, 0.15) is 11.5 Å². The second-order valence-corrected chi connectivity index (χ2v) is 7.60. The Bertz CT molecular complexity index is 855. The van der Waals surface area contributed by atoms with Gasteiger partial charge in [-0.2, -0.15) is 0 Å². The van der Waals surface area contributed by atoms with Gasteiger partial charge in [-0.25, -0.2) is 13.6 Å². The van der Waals surface area contributed by atoms with Crippen LogP contribution in [0.3, 0.4) is 0 Å². The third-order valence-corrected chi connectivity index (χ3v) is 5.00. The lowest BCUT2D eigenvalue weighted by Crippen LogP contribution is -2.40. The van der Waals surface area contributed by atoms with Gasteiger partial charge in [0.2, 0.25) is 15.9 Å². The van der Waals surface area contributed by atoms with Gasteiger partial charge in [0.15, 0.2) is 0 Å². The lowest BCUT2D eigenvalue weighted by atomic mass is 9.99. The summed E-state index contributed by atoms with van der Waals surface area (Å²) in [5, 5.41) is 7.82. The van der Waals surface area contributed by atoms with E-state index in [1.165, 1.54) is 24.3 Å². The largest absolute Gasteiger partial charge is 0.457 e. The Morgan fingerprint density at radius 2 is 1.56 bits per heavy atom. The lowest BCUT2D eigenvalue weighted by molar-refractivity contribution is -0.118. The first-order valence-electron chi connectivity index (χ1n) is 8.18. The summed E-state index contributed by atoms with van der Waals surface area (Å²) in [5.74, 6) is 0.870. The first-order valence-corrected chi connectivity index (χ1v) is 9.72. The smallest absolute Gasteiger partial charge is 0.241 e. The average Bonchev–Trinajstić information content (AvgIpc) is 2.61. The van der Waals surface area contributed by atoms with Crippen LogP contribution >= 0.6 is 12.4 Å². The van der Waals surface area contributed by atoms with Gasteiger partial charge in [0.25, 0.3) is 0 Å². The normalized spacial score (nSPS) is 13.2. The topological polar surface area (TPSA) is 125 Å². The van der Waals surface area contributed by atoms with Crippen molar-refractivity contribution in [1.29, 1.82) is 0 Å². The zero-order valence-corrected chi connectivity index (χ0v) is 16.7. The number of anilines is 1. The van der Waals surface area contributed by atoms with Crippen molar-refractivity contribution in [3.63, 3.8) is 0 Å². The van der Waals surface area contributed by atoms with E-state index in [1.54, 1.807) is 24.3 Å². The van der Waals surface area contributed by atoms with Crippen LogP contribution in [-0.2, 0) is 14.8 Å². The van der Waals surface area contributed by atoms with E-state index in [2.05, 4.69) is 5.32 Å². The Kier molecular flexibility index (Phi) is 8.23. The molecule has 0 bridgehead atoms. The molecule has 0 heterocycles. The predicted molar refractivity (Wildman–Crippen MR) is 108 cm³/mol. The summed E-state index contributed by atoms with van der Waals surface area (Å²) < 4.78 is 28.1. The molecule has 0 aliphatic heterocycles. The summed E-state index contributed by atoms with van der Waals surface area (Å²) >= 11 is 0. The van der Waals surface area contributed by atoms with E-state index < -0.39 is 16.1 Å². The number of amides is 1. The fourth-order valence-electron chi connectivity index (χ4n) is 2.18. The third-order valence-electron chi connectivity index (χ3n) is 4.07. The van der Waals surface area contributed by atoms with Crippen molar-refractivity contribution in [1.82, 2.24) is 0 Å². The van der Waals surface area contributed by atoms with E-state index in [-0.39, 0.29) is 29.1 Å². The number of ether oxygens (including phenoxy) is 1. The van der Waals surface area contributed by atoms with E-state index in [0.717, 1.165) is 6.42 Å². The number of carbonyl (C=O) groups excluding carboxylic acids is 1. The van der Waals surface area contributed by atoms with Crippen LogP contribution in [-0.4, -0.2) is 20.4 Å². The van der Waals surface area contributed by atoms with Crippen LogP contribution < -0.4 is 20.9 Å². The summed E-state index contributed by atoms with van der Waals surface area (Å²) in [7, 11) is -3.73. The molecule has 0 fully saturated rings. The minimum absolute atomic E-state index is 0. The summed E-state index contributed by atoms with van der Waals surface area (Å²) in [6, 6.07) is 12.0. The van der Waals surface area contributed by atoms with E-state index in [9.17, 15) is 13.2 Å². The third kappa shape index (κ3) is 6.51. The first-order chi connectivity index (χ1) is 12.2. The molecule has 2 aromatic rings. The van der Waals surface area contributed by atoms with Crippen LogP contribution in [0.25, 0.3) is 0 Å². The highest BCUT2D eigenvalue weighted by Gasteiger charge is 2.19. The number of sulfonamides is 1. The molecular formula is C18H24ClN3O4S. The Morgan fingerprint density at radius 1 is 1.07 bits per heavy atom. The molecule has 0 aromatic heterocycles. The highest BCUT2D eigenvalue weighted by Crippen LogP contribution is 2.24. The van der Waals surface area contributed by atoms with Crippen molar-refractivity contribution in [3.8, 4) is 11.5 Å². The quantitative estimate of drug-likeness (QED) is 0.643. The molecule has 2 unspecified atom stereocenters. The molecule has 0 aliphatic carbocycles. The highest BCUT2D eigenvalue weighted by atomic mass is 35.5. The van der Waals surface area contributed by atoms with Crippen molar-refractivity contribution in [2.75, 3.05) is 5.32 Å². The average molecular weight is 414 g/mol. The monoisotopic (exact) mass is 413 g/mol.